The molecule has 1 aromatic carbocycles. The molecule has 0 aliphatic heterocycles. The zero-order valence-electron chi connectivity index (χ0n) is 11.8. The number of esters is 1. The van der Waals surface area contributed by atoms with Crippen LogP contribution in [0.2, 0.25) is 0 Å². The molecule has 104 valence electrons. The summed E-state index contributed by atoms with van der Waals surface area (Å²) in [4.78, 5) is 19.7. The number of aliphatic hydroxyl groups excluding tert-OH is 1. The van der Waals surface area contributed by atoms with Gasteiger partial charge in [0.25, 0.3) is 0 Å². The Balaban J connectivity index is 0. The SMILES string of the molecule is CC(=O)OC(=[C]CO)c1cccc(C)c1.CC(=O)[O-].[Hg+]. The summed E-state index contributed by atoms with van der Waals surface area (Å²) in [5.41, 5.74) is 1.79. The van der Waals surface area contributed by atoms with Crippen LogP contribution in [-0.4, -0.2) is 23.7 Å². The predicted octanol–water partition coefficient (Wildman–Crippen LogP) is 0.448. The first-order valence-electron chi connectivity index (χ1n) is 5.51. The standard InChI is InChI=1S/C12H13O3.C2H4O2.Hg/c1-9-4-3-5-11(8-9)12(6-7-13)15-10(2)14;1-2(3)4;/h3-5,8,13H,7H2,1-2H3;1H3,(H,3,4);/q;;+1/p-1. The fourth-order valence-corrected chi connectivity index (χ4v) is 1.20. The number of aliphatic hydroxyl groups is 1. The number of aliphatic carboxylic acids is 1. The van der Waals surface area contributed by atoms with E-state index in [1.807, 2.05) is 25.1 Å². The second-order valence-corrected chi connectivity index (χ2v) is 3.62. The molecule has 0 bridgehead atoms. The van der Waals surface area contributed by atoms with Crippen LogP contribution in [0.5, 0.6) is 0 Å². The Morgan fingerprint density at radius 2 is 1.90 bits per heavy atom. The van der Waals surface area contributed by atoms with Crippen LogP contribution in [0, 0.1) is 13.0 Å². The van der Waals surface area contributed by atoms with Crippen LogP contribution in [0.1, 0.15) is 25.0 Å². The van der Waals surface area contributed by atoms with Gasteiger partial charge in [0.15, 0.2) is 0 Å². The van der Waals surface area contributed by atoms with E-state index < -0.39 is 11.9 Å². The first kappa shape index (κ1) is 21.1. The summed E-state index contributed by atoms with van der Waals surface area (Å²) in [7, 11) is 0. The molecule has 0 spiro atoms. The summed E-state index contributed by atoms with van der Waals surface area (Å²) in [5, 5.41) is 17.6. The largest absolute Gasteiger partial charge is 1.00 e. The van der Waals surface area contributed by atoms with Crippen LogP contribution in [-0.2, 0) is 42.0 Å². The fourth-order valence-electron chi connectivity index (χ4n) is 1.20. The molecule has 0 saturated heterocycles. The van der Waals surface area contributed by atoms with E-state index in [-0.39, 0.29) is 40.0 Å². The molecule has 1 rings (SSSR count). The van der Waals surface area contributed by atoms with Gasteiger partial charge < -0.3 is 19.7 Å². The third-order valence-corrected chi connectivity index (χ3v) is 1.77. The minimum absolute atomic E-state index is 0. The molecule has 1 aromatic rings. The van der Waals surface area contributed by atoms with E-state index in [9.17, 15) is 4.79 Å². The number of rotatable bonds is 3. The molecule has 0 fully saturated rings. The van der Waals surface area contributed by atoms with Gasteiger partial charge in [-0.3, -0.25) is 4.79 Å². The number of benzene rings is 1. The fraction of sp³-hybridized carbons (Fsp3) is 0.286. The van der Waals surface area contributed by atoms with E-state index in [2.05, 4.69) is 6.08 Å². The zero-order valence-corrected chi connectivity index (χ0v) is 17.3. The smallest absolute Gasteiger partial charge is 0.550 e. The topological polar surface area (TPSA) is 86.7 Å². The van der Waals surface area contributed by atoms with E-state index in [0.717, 1.165) is 18.1 Å². The number of hydrogen-bond acceptors (Lipinski definition) is 5. The van der Waals surface area contributed by atoms with Gasteiger partial charge in [0.2, 0.25) is 0 Å². The van der Waals surface area contributed by atoms with E-state index in [1.54, 1.807) is 6.07 Å². The summed E-state index contributed by atoms with van der Waals surface area (Å²) in [6, 6.07) is 7.45. The number of carboxylic acids is 1. The van der Waals surface area contributed by atoms with E-state index in [1.165, 1.54) is 6.92 Å². The zero-order chi connectivity index (χ0) is 14.8. The minimum atomic E-state index is -1.08. The molecule has 6 heteroatoms. The van der Waals surface area contributed by atoms with Crippen molar-refractivity contribution >= 4 is 17.7 Å². The Bertz CT molecular complexity index is 464. The number of carbonyl (C=O) groups is 2. The van der Waals surface area contributed by atoms with Crippen molar-refractivity contribution in [1.29, 1.82) is 0 Å². The maximum absolute atomic E-state index is 10.8. The van der Waals surface area contributed by atoms with Crippen molar-refractivity contribution in [2.24, 2.45) is 0 Å². The van der Waals surface area contributed by atoms with Crippen molar-refractivity contribution in [2.45, 2.75) is 20.8 Å². The molecule has 20 heavy (non-hydrogen) atoms. The Morgan fingerprint density at radius 1 is 1.35 bits per heavy atom. The molecule has 0 aliphatic carbocycles. The maximum Gasteiger partial charge on any atom is 1.00 e. The quantitative estimate of drug-likeness (QED) is 0.399. The van der Waals surface area contributed by atoms with Gasteiger partial charge in [0.1, 0.15) is 5.76 Å². The van der Waals surface area contributed by atoms with E-state index in [4.69, 9.17) is 19.7 Å². The third-order valence-electron chi connectivity index (χ3n) is 1.77. The summed E-state index contributed by atoms with van der Waals surface area (Å²) in [5.74, 6) is -1.24. The average molecular weight is 465 g/mol. The van der Waals surface area contributed by atoms with Crippen LogP contribution in [0.4, 0.5) is 0 Å². The maximum atomic E-state index is 10.8. The second-order valence-electron chi connectivity index (χ2n) is 3.62. The van der Waals surface area contributed by atoms with Crippen molar-refractivity contribution < 1.29 is 52.2 Å². The van der Waals surface area contributed by atoms with Crippen molar-refractivity contribution in [3.63, 3.8) is 0 Å². The molecule has 0 heterocycles. The van der Waals surface area contributed by atoms with Gasteiger partial charge >= 0.3 is 33.6 Å². The molecule has 0 unspecified atom stereocenters. The van der Waals surface area contributed by atoms with E-state index >= 15 is 0 Å². The van der Waals surface area contributed by atoms with Crippen molar-refractivity contribution in [2.75, 3.05) is 6.61 Å². The predicted molar refractivity (Wildman–Crippen MR) is 67.4 cm³/mol. The van der Waals surface area contributed by atoms with Gasteiger partial charge in [-0.25, -0.2) is 0 Å². The summed E-state index contributed by atoms with van der Waals surface area (Å²) in [6.07, 6.45) is 2.59. The van der Waals surface area contributed by atoms with Crippen molar-refractivity contribution in [3.8, 4) is 0 Å². The monoisotopic (exact) mass is 466 g/mol. The van der Waals surface area contributed by atoms with E-state index in [0.29, 0.717) is 0 Å². The molecule has 0 aromatic heterocycles. The molecule has 0 amide bonds. The van der Waals surface area contributed by atoms with Crippen LogP contribution in [0.3, 0.4) is 0 Å². The first-order chi connectivity index (χ1) is 8.86. The second kappa shape index (κ2) is 11.6. The van der Waals surface area contributed by atoms with Gasteiger partial charge in [-0.2, -0.15) is 0 Å². The molecule has 0 atom stereocenters. The molecule has 0 saturated carbocycles. The Labute approximate surface area is 138 Å². The third kappa shape index (κ3) is 10.7. The number of carbonyl (C=O) groups excluding carboxylic acids is 2. The van der Waals surface area contributed by atoms with Crippen LogP contribution < -0.4 is 5.11 Å². The number of carboxylic acid groups (broad SMARTS) is 1. The average Bonchev–Trinajstić information content (AvgIpc) is 2.27. The Kier molecular flexibility index (Phi) is 12.2. The summed E-state index contributed by atoms with van der Waals surface area (Å²) < 4.78 is 4.94. The summed E-state index contributed by atoms with van der Waals surface area (Å²) >= 11 is 0. The molecular formula is C14H16HgO5. The number of aryl methyl sites for hydroxylation is 1. The summed E-state index contributed by atoms with van der Waals surface area (Å²) in [6.45, 7) is 3.94. The Morgan fingerprint density at radius 3 is 2.30 bits per heavy atom. The van der Waals surface area contributed by atoms with Gasteiger partial charge in [0, 0.05) is 24.5 Å². The van der Waals surface area contributed by atoms with Gasteiger partial charge in [-0.1, -0.05) is 23.8 Å². The van der Waals surface area contributed by atoms with Gasteiger partial charge in [-0.15, -0.1) is 0 Å². The van der Waals surface area contributed by atoms with Gasteiger partial charge in [0.05, 0.1) is 6.61 Å². The molecular weight excluding hydrogens is 449 g/mol. The van der Waals surface area contributed by atoms with Crippen molar-refractivity contribution in [1.82, 2.24) is 0 Å². The van der Waals surface area contributed by atoms with Crippen LogP contribution >= 0.6 is 0 Å². The normalized spacial score (nSPS) is 9.70. The number of hydrogen-bond donors (Lipinski definition) is 1. The number of ether oxygens (including phenoxy) is 1. The van der Waals surface area contributed by atoms with Crippen LogP contribution in [0.25, 0.3) is 5.76 Å². The van der Waals surface area contributed by atoms with Crippen LogP contribution in [0.15, 0.2) is 24.3 Å². The first-order valence-corrected chi connectivity index (χ1v) is 5.51. The Hall–Kier alpha value is -1.20. The molecule has 5 nitrogen and oxygen atoms in total. The molecule has 2 radical (unpaired) electrons. The minimum Gasteiger partial charge on any atom is -0.550 e. The molecule has 0 aliphatic rings. The van der Waals surface area contributed by atoms with Gasteiger partial charge in [-0.05, 0) is 19.9 Å². The molecule has 1 N–H and O–H groups in total. The van der Waals surface area contributed by atoms with Crippen molar-refractivity contribution in [3.05, 3.63) is 41.5 Å².